The largest absolute Gasteiger partial charge is 0.496 e. The van der Waals surface area contributed by atoms with Crippen molar-refractivity contribution in [3.63, 3.8) is 0 Å². The molecule has 0 aliphatic rings. The molecule has 3 N–H and O–H groups in total. The summed E-state index contributed by atoms with van der Waals surface area (Å²) in [5, 5.41) is 9.01. The number of nitrogen functional groups attached to an aromatic ring is 1. The van der Waals surface area contributed by atoms with Gasteiger partial charge in [-0.2, -0.15) is 13.4 Å². The summed E-state index contributed by atoms with van der Waals surface area (Å²) in [4.78, 5) is 21.5. The molecule has 210 valence electrons. The predicted molar refractivity (Wildman–Crippen MR) is 149 cm³/mol. The number of nitrogens with two attached hydrogens (primary N) is 1. The van der Waals surface area contributed by atoms with E-state index in [4.69, 9.17) is 19.8 Å². The van der Waals surface area contributed by atoms with E-state index >= 15 is 0 Å². The number of hydrogen-bond acceptors (Lipinski definition) is 9. The third-order valence-corrected chi connectivity index (χ3v) is 7.97. The van der Waals surface area contributed by atoms with E-state index < -0.39 is 16.1 Å². The summed E-state index contributed by atoms with van der Waals surface area (Å²) in [6.45, 7) is 10.8. The van der Waals surface area contributed by atoms with Gasteiger partial charge in [0, 0.05) is 25.1 Å². The van der Waals surface area contributed by atoms with Crippen molar-refractivity contribution in [3.8, 4) is 11.6 Å². The molecule has 0 saturated heterocycles. The first kappa shape index (κ1) is 29.9. The molecule has 3 rings (SSSR count). The topological polar surface area (TPSA) is 145 Å². The molecule has 0 amide bonds. The van der Waals surface area contributed by atoms with Gasteiger partial charge in [0.15, 0.2) is 0 Å². The van der Waals surface area contributed by atoms with Crippen molar-refractivity contribution >= 4 is 22.0 Å². The fraction of sp³-hybridized carbons (Fsp3) is 0.393. The molecule has 3 aromatic rings. The first-order valence-corrected chi connectivity index (χ1v) is 14.0. The standard InChI is InChI=1S/C28H36N4O6S/c1-7-32(11-10-25(33)34)16-21-8-9-22(24(14-21)37-6)15-23-20(5)30-28(29)31-27(23)38-39(35,36)26-18(3)12-17(2)13-19(26)4/h8-9,12-14H,7,10-11,15-16H2,1-6H3,(H,33,34)(H2,29,30,31). The number of hydrogen-bond donors (Lipinski definition) is 2. The maximum atomic E-state index is 13.4. The molecule has 10 nitrogen and oxygen atoms in total. The van der Waals surface area contributed by atoms with Crippen molar-refractivity contribution in [2.75, 3.05) is 25.9 Å². The first-order valence-electron chi connectivity index (χ1n) is 12.6. The highest BCUT2D eigenvalue weighted by atomic mass is 32.2. The number of aliphatic carboxylic acids is 1. The SMILES string of the molecule is CCN(CCC(=O)O)Cc1ccc(Cc2c(C)nc(N)nc2OS(=O)(=O)c2c(C)cc(C)cc2C)c(OC)c1. The summed E-state index contributed by atoms with van der Waals surface area (Å²) in [6.07, 6.45) is 0.301. The van der Waals surface area contributed by atoms with Crippen molar-refractivity contribution in [1.29, 1.82) is 0 Å². The number of carboxylic acids is 1. The Hall–Kier alpha value is -3.70. The Morgan fingerprint density at radius 2 is 1.74 bits per heavy atom. The van der Waals surface area contributed by atoms with E-state index in [0.717, 1.165) is 16.7 Å². The Morgan fingerprint density at radius 3 is 2.33 bits per heavy atom. The van der Waals surface area contributed by atoms with Gasteiger partial charge in [0.25, 0.3) is 0 Å². The maximum absolute atomic E-state index is 13.4. The number of methoxy groups -OCH3 is 1. The summed E-state index contributed by atoms with van der Waals surface area (Å²) in [5.41, 5.74) is 10.7. The summed E-state index contributed by atoms with van der Waals surface area (Å²) in [6, 6.07) is 9.30. The molecule has 0 fully saturated rings. The molecule has 2 aromatic carbocycles. The Bertz CT molecular complexity index is 1450. The molecular weight excluding hydrogens is 520 g/mol. The van der Waals surface area contributed by atoms with Crippen molar-refractivity contribution in [3.05, 3.63) is 69.4 Å². The highest BCUT2D eigenvalue weighted by Crippen LogP contribution is 2.32. The van der Waals surface area contributed by atoms with Crippen molar-refractivity contribution in [2.24, 2.45) is 0 Å². The fourth-order valence-electron chi connectivity index (χ4n) is 4.65. The zero-order valence-electron chi connectivity index (χ0n) is 23.2. The van der Waals surface area contributed by atoms with Crippen molar-refractivity contribution < 1.29 is 27.2 Å². The van der Waals surface area contributed by atoms with Crippen LogP contribution in [0, 0.1) is 27.7 Å². The van der Waals surface area contributed by atoms with E-state index in [1.807, 2.05) is 36.9 Å². The van der Waals surface area contributed by atoms with Crippen LogP contribution in [-0.4, -0.2) is 54.6 Å². The van der Waals surface area contributed by atoms with Gasteiger partial charge in [-0.15, -0.1) is 0 Å². The third kappa shape index (κ3) is 7.45. The van der Waals surface area contributed by atoms with Gasteiger partial charge in [-0.25, -0.2) is 4.98 Å². The number of ether oxygens (including phenoxy) is 1. The molecule has 11 heteroatoms. The van der Waals surface area contributed by atoms with Crippen LogP contribution in [0.2, 0.25) is 0 Å². The summed E-state index contributed by atoms with van der Waals surface area (Å²) in [5.74, 6) is -0.467. The Labute approximate surface area is 229 Å². The minimum absolute atomic E-state index is 0.0623. The van der Waals surface area contributed by atoms with Crippen LogP contribution < -0.4 is 14.7 Å². The van der Waals surface area contributed by atoms with E-state index in [2.05, 4.69) is 9.97 Å². The monoisotopic (exact) mass is 556 g/mol. The van der Waals surface area contributed by atoms with Crippen LogP contribution >= 0.6 is 0 Å². The second kappa shape index (κ2) is 12.4. The molecule has 0 spiro atoms. The molecule has 0 bridgehead atoms. The predicted octanol–water partition coefficient (Wildman–Crippen LogP) is 3.96. The van der Waals surface area contributed by atoms with E-state index in [1.165, 1.54) is 0 Å². The molecule has 0 aliphatic heterocycles. The van der Waals surface area contributed by atoms with Crippen LogP contribution in [0.25, 0.3) is 0 Å². The lowest BCUT2D eigenvalue weighted by Crippen LogP contribution is -2.25. The van der Waals surface area contributed by atoms with E-state index in [-0.39, 0.29) is 29.6 Å². The molecule has 0 aliphatic carbocycles. The molecule has 1 aromatic heterocycles. The molecule has 0 radical (unpaired) electrons. The van der Waals surface area contributed by atoms with Gasteiger partial charge in [0.2, 0.25) is 11.8 Å². The molecule has 0 unspecified atom stereocenters. The van der Waals surface area contributed by atoms with Crippen LogP contribution in [0.15, 0.2) is 35.2 Å². The first-order chi connectivity index (χ1) is 18.3. The normalized spacial score (nSPS) is 11.6. The zero-order chi connectivity index (χ0) is 28.9. The average Bonchev–Trinajstić information content (AvgIpc) is 2.83. The molecule has 0 atom stereocenters. The smallest absolute Gasteiger partial charge is 0.341 e. The van der Waals surface area contributed by atoms with Gasteiger partial charge in [-0.3, -0.25) is 9.69 Å². The van der Waals surface area contributed by atoms with Crippen LogP contribution in [0.3, 0.4) is 0 Å². The van der Waals surface area contributed by atoms with Gasteiger partial charge >= 0.3 is 16.1 Å². The van der Waals surface area contributed by atoms with Gasteiger partial charge in [-0.05, 0) is 62.6 Å². The Morgan fingerprint density at radius 1 is 1.08 bits per heavy atom. The van der Waals surface area contributed by atoms with Crippen LogP contribution in [0.4, 0.5) is 5.95 Å². The minimum Gasteiger partial charge on any atom is -0.496 e. The average molecular weight is 557 g/mol. The van der Waals surface area contributed by atoms with E-state index in [9.17, 15) is 13.2 Å². The van der Waals surface area contributed by atoms with Gasteiger partial charge in [-0.1, -0.05) is 36.8 Å². The molecular formula is C28H36N4O6S. The molecule has 0 saturated carbocycles. The maximum Gasteiger partial charge on any atom is 0.341 e. The Kier molecular flexibility index (Phi) is 9.52. The number of carbonyl (C=O) groups is 1. The molecule has 1 heterocycles. The number of anilines is 1. The summed E-state index contributed by atoms with van der Waals surface area (Å²) >= 11 is 0. The number of nitrogens with zero attached hydrogens (tertiary/aromatic N) is 3. The van der Waals surface area contributed by atoms with E-state index in [1.54, 1.807) is 40.0 Å². The number of aryl methyl sites for hydroxylation is 4. The van der Waals surface area contributed by atoms with Gasteiger partial charge in [0.1, 0.15) is 10.6 Å². The lowest BCUT2D eigenvalue weighted by atomic mass is 10.0. The quantitative estimate of drug-likeness (QED) is 0.314. The fourth-order valence-corrected chi connectivity index (χ4v) is 5.99. The number of benzene rings is 2. The van der Waals surface area contributed by atoms with Crippen molar-refractivity contribution in [2.45, 2.75) is 58.9 Å². The summed E-state index contributed by atoms with van der Waals surface area (Å²) < 4.78 is 38.0. The van der Waals surface area contributed by atoms with E-state index in [0.29, 0.717) is 47.8 Å². The lowest BCUT2D eigenvalue weighted by Gasteiger charge is -2.20. The Balaban J connectivity index is 1.95. The van der Waals surface area contributed by atoms with Gasteiger partial charge < -0.3 is 19.8 Å². The van der Waals surface area contributed by atoms with Crippen LogP contribution in [-0.2, 0) is 27.9 Å². The highest BCUT2D eigenvalue weighted by molar-refractivity contribution is 7.87. The lowest BCUT2D eigenvalue weighted by molar-refractivity contribution is -0.137. The zero-order valence-corrected chi connectivity index (χ0v) is 24.1. The second-order valence-corrected chi connectivity index (χ2v) is 11.0. The molecule has 39 heavy (non-hydrogen) atoms. The van der Waals surface area contributed by atoms with Crippen LogP contribution in [0.1, 0.15) is 52.4 Å². The minimum atomic E-state index is -4.21. The highest BCUT2D eigenvalue weighted by Gasteiger charge is 2.26. The third-order valence-electron chi connectivity index (χ3n) is 6.45. The van der Waals surface area contributed by atoms with Gasteiger partial charge in [0.05, 0.1) is 19.2 Å². The van der Waals surface area contributed by atoms with Crippen molar-refractivity contribution in [1.82, 2.24) is 14.9 Å². The second-order valence-electron chi connectivity index (χ2n) is 9.55. The van der Waals surface area contributed by atoms with Crippen LogP contribution in [0.5, 0.6) is 11.6 Å². The summed E-state index contributed by atoms with van der Waals surface area (Å²) in [7, 11) is -2.66. The number of rotatable bonds is 12. The number of aromatic nitrogens is 2. The number of carboxylic acid groups (broad SMARTS) is 1.